The molecule has 0 aromatic heterocycles. The highest BCUT2D eigenvalue weighted by molar-refractivity contribution is 6.74. The summed E-state index contributed by atoms with van der Waals surface area (Å²) in [4.78, 5) is 10.0. The summed E-state index contributed by atoms with van der Waals surface area (Å²) in [6.45, 7) is 13.1. The Hall–Kier alpha value is -0.223. The van der Waals surface area contributed by atoms with Gasteiger partial charge in [0.25, 0.3) is 0 Å². The maximum atomic E-state index is 10.0. The lowest BCUT2D eigenvalue weighted by Crippen LogP contribution is -2.43. The van der Waals surface area contributed by atoms with Gasteiger partial charge >= 0.3 is 0 Å². The van der Waals surface area contributed by atoms with E-state index in [4.69, 9.17) is 4.43 Å². The maximum Gasteiger partial charge on any atom is 0.192 e. The van der Waals surface area contributed by atoms with E-state index in [1.807, 2.05) is 6.92 Å². The van der Waals surface area contributed by atoms with Crippen molar-refractivity contribution in [2.24, 2.45) is 5.18 Å². The van der Waals surface area contributed by atoms with E-state index in [9.17, 15) is 4.91 Å². The highest BCUT2D eigenvalue weighted by Crippen LogP contribution is 2.37. The van der Waals surface area contributed by atoms with Gasteiger partial charge in [-0.3, -0.25) is 0 Å². The minimum Gasteiger partial charge on any atom is -0.412 e. The summed E-state index contributed by atoms with van der Waals surface area (Å²) in [6.07, 6.45) is -0.0432. The molecule has 13 heavy (non-hydrogen) atoms. The molecule has 0 aliphatic carbocycles. The zero-order valence-corrected chi connectivity index (χ0v) is 10.5. The normalized spacial score (nSPS) is 15.5. The molecular weight excluding hydrogens is 182 g/mol. The molecule has 0 aromatic rings. The minimum atomic E-state index is -1.70. The Morgan fingerprint density at radius 1 is 1.38 bits per heavy atom. The van der Waals surface area contributed by atoms with Crippen LogP contribution >= 0.6 is 0 Å². The third-order valence-electron chi connectivity index (χ3n) is 2.63. The van der Waals surface area contributed by atoms with Gasteiger partial charge in [0.2, 0.25) is 0 Å². The highest BCUT2D eigenvalue weighted by atomic mass is 28.4. The lowest BCUT2D eigenvalue weighted by Gasteiger charge is -2.37. The van der Waals surface area contributed by atoms with Gasteiger partial charge in [-0.25, -0.2) is 0 Å². The van der Waals surface area contributed by atoms with Gasteiger partial charge < -0.3 is 4.43 Å². The molecule has 0 spiro atoms. The molecule has 0 aliphatic rings. The van der Waals surface area contributed by atoms with Crippen LogP contribution in [0.25, 0.3) is 0 Å². The van der Waals surface area contributed by atoms with E-state index in [0.29, 0.717) is 0 Å². The maximum absolute atomic E-state index is 10.0. The van der Waals surface area contributed by atoms with Crippen LogP contribution in [0, 0.1) is 4.91 Å². The van der Waals surface area contributed by atoms with Crippen LogP contribution in [0.4, 0.5) is 0 Å². The van der Waals surface area contributed by atoms with Crippen molar-refractivity contribution in [2.75, 3.05) is 6.54 Å². The van der Waals surface area contributed by atoms with Crippen LogP contribution in [0.1, 0.15) is 27.7 Å². The molecule has 4 heteroatoms. The molecule has 3 nitrogen and oxygen atoms in total. The second kappa shape index (κ2) is 4.33. The summed E-state index contributed by atoms with van der Waals surface area (Å²) in [5.41, 5.74) is 0. The summed E-state index contributed by atoms with van der Waals surface area (Å²) < 4.78 is 5.89. The number of hydrogen-bond acceptors (Lipinski definition) is 3. The first kappa shape index (κ1) is 12.8. The number of nitrogens with zero attached hydrogens (tertiary/aromatic N) is 1. The van der Waals surface area contributed by atoms with Gasteiger partial charge in [-0.1, -0.05) is 25.9 Å². The van der Waals surface area contributed by atoms with Crippen LogP contribution in [0.5, 0.6) is 0 Å². The fourth-order valence-corrected chi connectivity index (χ4v) is 2.26. The Bertz CT molecular complexity index is 175. The Balaban J connectivity index is 4.24. The fourth-order valence-electron chi connectivity index (χ4n) is 0.822. The Labute approximate surface area is 82.0 Å². The monoisotopic (exact) mass is 203 g/mol. The van der Waals surface area contributed by atoms with Crippen LogP contribution in [0.15, 0.2) is 5.18 Å². The van der Waals surface area contributed by atoms with Gasteiger partial charge in [0.05, 0.1) is 6.10 Å². The molecule has 0 bridgehead atoms. The molecule has 0 aromatic carbocycles. The van der Waals surface area contributed by atoms with Crippen LogP contribution < -0.4 is 0 Å². The quantitative estimate of drug-likeness (QED) is 0.520. The van der Waals surface area contributed by atoms with Crippen LogP contribution in [-0.2, 0) is 4.43 Å². The molecule has 0 radical (unpaired) electrons. The lowest BCUT2D eigenvalue weighted by atomic mass is 10.2. The van der Waals surface area contributed by atoms with Gasteiger partial charge in [-0.15, -0.1) is 0 Å². The van der Waals surface area contributed by atoms with E-state index in [0.717, 1.165) is 0 Å². The Morgan fingerprint density at radius 2 is 1.85 bits per heavy atom. The Morgan fingerprint density at radius 3 is 2.15 bits per heavy atom. The summed E-state index contributed by atoms with van der Waals surface area (Å²) in [5, 5.41) is 3.05. The second-order valence-corrected chi connectivity index (χ2v) is 9.76. The molecule has 0 saturated heterocycles. The number of rotatable bonds is 4. The lowest BCUT2D eigenvalue weighted by molar-refractivity contribution is 0.207. The van der Waals surface area contributed by atoms with E-state index >= 15 is 0 Å². The molecule has 1 unspecified atom stereocenters. The molecule has 0 amide bonds. The summed E-state index contributed by atoms with van der Waals surface area (Å²) in [5.74, 6) is 0. The van der Waals surface area contributed by atoms with Crippen LogP contribution in [0.3, 0.4) is 0 Å². The van der Waals surface area contributed by atoms with E-state index in [1.54, 1.807) is 0 Å². The topological polar surface area (TPSA) is 38.7 Å². The minimum absolute atomic E-state index is 0.0432. The fraction of sp³-hybridized carbons (Fsp3) is 1.00. The molecule has 1 atom stereocenters. The number of hydrogen-bond donors (Lipinski definition) is 0. The predicted molar refractivity (Wildman–Crippen MR) is 58.4 cm³/mol. The van der Waals surface area contributed by atoms with E-state index < -0.39 is 8.32 Å². The average molecular weight is 203 g/mol. The first-order valence-electron chi connectivity index (χ1n) is 4.67. The molecule has 0 fully saturated rings. The van der Waals surface area contributed by atoms with Crippen molar-refractivity contribution >= 4 is 8.32 Å². The number of nitroso groups, excluding NO2 is 1. The van der Waals surface area contributed by atoms with Gasteiger partial charge in [-0.2, -0.15) is 4.91 Å². The smallest absolute Gasteiger partial charge is 0.192 e. The van der Waals surface area contributed by atoms with Crippen molar-refractivity contribution in [1.29, 1.82) is 0 Å². The van der Waals surface area contributed by atoms with Crippen molar-refractivity contribution in [1.82, 2.24) is 0 Å². The van der Waals surface area contributed by atoms with Gasteiger partial charge in [-0.05, 0) is 25.1 Å². The van der Waals surface area contributed by atoms with E-state index in [-0.39, 0.29) is 17.7 Å². The predicted octanol–water partition coefficient (Wildman–Crippen LogP) is 3.16. The average Bonchev–Trinajstić information content (AvgIpc) is 1.83. The standard InChI is InChI=1S/C9H21NO2Si/c1-8(7-10-11)12-13(5,6)9(2,3)4/h8H,7H2,1-6H3. The summed E-state index contributed by atoms with van der Waals surface area (Å²) in [7, 11) is -1.70. The molecule has 0 N–H and O–H groups in total. The molecule has 0 rings (SSSR count). The molecule has 0 heterocycles. The van der Waals surface area contributed by atoms with Crippen molar-refractivity contribution in [3.05, 3.63) is 4.91 Å². The van der Waals surface area contributed by atoms with Crippen LogP contribution in [0.2, 0.25) is 18.1 Å². The molecule has 0 saturated carbocycles. The highest BCUT2D eigenvalue weighted by Gasteiger charge is 2.38. The third kappa shape index (κ3) is 4.00. The largest absolute Gasteiger partial charge is 0.412 e. The Kier molecular flexibility index (Phi) is 4.25. The molecule has 78 valence electrons. The SMILES string of the molecule is CC(CN=O)O[Si](C)(C)C(C)(C)C. The first-order valence-corrected chi connectivity index (χ1v) is 7.58. The third-order valence-corrected chi connectivity index (χ3v) is 7.24. The summed E-state index contributed by atoms with van der Waals surface area (Å²) >= 11 is 0. The first-order chi connectivity index (χ1) is 5.70. The van der Waals surface area contributed by atoms with Crippen molar-refractivity contribution < 1.29 is 4.43 Å². The van der Waals surface area contributed by atoms with Crippen molar-refractivity contribution in [2.45, 2.75) is 51.9 Å². The summed E-state index contributed by atoms with van der Waals surface area (Å²) in [6, 6.07) is 0. The van der Waals surface area contributed by atoms with Crippen molar-refractivity contribution in [3.8, 4) is 0 Å². The molecular formula is C9H21NO2Si. The van der Waals surface area contributed by atoms with Crippen molar-refractivity contribution in [3.63, 3.8) is 0 Å². The zero-order valence-electron chi connectivity index (χ0n) is 9.55. The van der Waals surface area contributed by atoms with E-state index in [2.05, 4.69) is 39.0 Å². The van der Waals surface area contributed by atoms with Gasteiger partial charge in [0.1, 0.15) is 6.54 Å². The van der Waals surface area contributed by atoms with E-state index in [1.165, 1.54) is 0 Å². The second-order valence-electron chi connectivity index (χ2n) is 5.00. The zero-order chi connectivity index (χ0) is 10.7. The molecule has 0 aliphatic heterocycles. The van der Waals surface area contributed by atoms with Gasteiger partial charge in [0.15, 0.2) is 8.32 Å². The van der Waals surface area contributed by atoms with Gasteiger partial charge in [0, 0.05) is 0 Å². The van der Waals surface area contributed by atoms with Crippen LogP contribution in [-0.4, -0.2) is 21.0 Å².